The average Bonchev–Trinajstić information content (AvgIpc) is 2.21. The molecule has 0 bridgehead atoms. The number of para-hydroxylation sites is 1. The number of hydrogen-bond donors (Lipinski definition) is 1. The number of carbonyl (C=O) groups excluding carboxylic acids is 1. The number of benzene rings is 1. The maximum atomic E-state index is 10.3. The molecular formula is C10H11NO2. The quantitative estimate of drug-likeness (QED) is 0.433. The van der Waals surface area contributed by atoms with Crippen molar-refractivity contribution in [3.63, 3.8) is 0 Å². The molecule has 0 fully saturated rings. The second-order valence-electron chi connectivity index (χ2n) is 2.38. The molecule has 0 saturated heterocycles. The molecule has 1 aromatic rings. The zero-order valence-electron chi connectivity index (χ0n) is 7.36. The van der Waals surface area contributed by atoms with E-state index in [0.29, 0.717) is 6.29 Å². The summed E-state index contributed by atoms with van der Waals surface area (Å²) >= 11 is 0. The summed E-state index contributed by atoms with van der Waals surface area (Å²) in [6.45, 7) is 0. The Balaban J connectivity index is 2.60. The van der Waals surface area contributed by atoms with Gasteiger partial charge in [-0.25, -0.2) is 0 Å². The van der Waals surface area contributed by atoms with Gasteiger partial charge in [0.15, 0.2) is 12.0 Å². The standard InChI is InChI=1S/C10H11NO2/c1-13-10(8-12)7-11-9-5-3-2-4-6-9/h2-8,11H,1H3/b10-7+. The molecule has 0 aromatic heterocycles. The normalized spacial score (nSPS) is 10.7. The fourth-order valence-electron chi connectivity index (χ4n) is 0.830. The van der Waals surface area contributed by atoms with Crippen molar-refractivity contribution in [1.29, 1.82) is 0 Å². The number of carbonyl (C=O) groups is 1. The molecular weight excluding hydrogens is 166 g/mol. The van der Waals surface area contributed by atoms with Crippen molar-refractivity contribution in [3.8, 4) is 0 Å². The molecule has 13 heavy (non-hydrogen) atoms. The smallest absolute Gasteiger partial charge is 0.186 e. The summed E-state index contributed by atoms with van der Waals surface area (Å²) in [5, 5.41) is 2.93. The highest BCUT2D eigenvalue weighted by molar-refractivity contribution is 5.71. The van der Waals surface area contributed by atoms with E-state index in [9.17, 15) is 4.79 Å². The van der Waals surface area contributed by atoms with Crippen LogP contribution in [0.4, 0.5) is 5.69 Å². The summed E-state index contributed by atoms with van der Waals surface area (Å²) in [6, 6.07) is 9.53. The molecule has 0 unspecified atom stereocenters. The molecule has 0 heterocycles. The number of nitrogens with one attached hydrogen (secondary N) is 1. The van der Waals surface area contributed by atoms with Gasteiger partial charge in [-0.1, -0.05) is 18.2 Å². The van der Waals surface area contributed by atoms with E-state index < -0.39 is 0 Å². The SMILES string of the molecule is CO/C(C=O)=C/Nc1ccccc1. The molecule has 0 radical (unpaired) electrons. The Hall–Kier alpha value is -1.77. The first-order valence-corrected chi connectivity index (χ1v) is 3.87. The number of allylic oxidation sites excluding steroid dienone is 1. The summed E-state index contributed by atoms with van der Waals surface area (Å²) in [5.74, 6) is 0.267. The minimum atomic E-state index is 0.267. The first-order chi connectivity index (χ1) is 6.36. The lowest BCUT2D eigenvalue weighted by molar-refractivity contribution is -0.107. The van der Waals surface area contributed by atoms with Crippen LogP contribution in [-0.2, 0) is 9.53 Å². The van der Waals surface area contributed by atoms with E-state index in [1.165, 1.54) is 13.3 Å². The predicted molar refractivity (Wildman–Crippen MR) is 51.2 cm³/mol. The Morgan fingerprint density at radius 2 is 2.08 bits per heavy atom. The minimum Gasteiger partial charge on any atom is -0.492 e. The van der Waals surface area contributed by atoms with E-state index >= 15 is 0 Å². The second-order valence-corrected chi connectivity index (χ2v) is 2.38. The Morgan fingerprint density at radius 3 is 2.62 bits per heavy atom. The van der Waals surface area contributed by atoms with Crippen molar-refractivity contribution in [1.82, 2.24) is 0 Å². The molecule has 3 heteroatoms. The number of anilines is 1. The van der Waals surface area contributed by atoms with Crippen LogP contribution in [0.25, 0.3) is 0 Å². The molecule has 0 atom stereocenters. The monoisotopic (exact) mass is 177 g/mol. The molecule has 3 nitrogen and oxygen atoms in total. The molecule has 0 aliphatic rings. The summed E-state index contributed by atoms with van der Waals surface area (Å²) in [5.41, 5.74) is 0.916. The molecule has 0 amide bonds. The molecule has 1 rings (SSSR count). The van der Waals surface area contributed by atoms with Gasteiger partial charge in [-0.05, 0) is 12.1 Å². The van der Waals surface area contributed by atoms with E-state index in [-0.39, 0.29) is 5.76 Å². The van der Waals surface area contributed by atoms with Gasteiger partial charge in [0, 0.05) is 11.9 Å². The summed E-state index contributed by atoms with van der Waals surface area (Å²) in [4.78, 5) is 10.3. The van der Waals surface area contributed by atoms with Crippen LogP contribution in [0.3, 0.4) is 0 Å². The average molecular weight is 177 g/mol. The topological polar surface area (TPSA) is 38.3 Å². The summed E-state index contributed by atoms with van der Waals surface area (Å²) in [7, 11) is 1.45. The summed E-state index contributed by atoms with van der Waals surface area (Å²) < 4.78 is 4.75. The van der Waals surface area contributed by atoms with Gasteiger partial charge in [0.2, 0.25) is 0 Å². The van der Waals surface area contributed by atoms with Gasteiger partial charge in [-0.2, -0.15) is 0 Å². The third kappa shape index (κ3) is 2.99. The summed E-state index contributed by atoms with van der Waals surface area (Å²) in [6.07, 6.45) is 2.16. The lowest BCUT2D eigenvalue weighted by atomic mass is 10.3. The number of methoxy groups -OCH3 is 1. The largest absolute Gasteiger partial charge is 0.492 e. The van der Waals surface area contributed by atoms with E-state index in [0.717, 1.165) is 5.69 Å². The molecule has 68 valence electrons. The zero-order valence-corrected chi connectivity index (χ0v) is 7.36. The van der Waals surface area contributed by atoms with Crippen molar-refractivity contribution in [2.75, 3.05) is 12.4 Å². The van der Waals surface area contributed by atoms with Gasteiger partial charge in [0.05, 0.1) is 7.11 Å². The van der Waals surface area contributed by atoms with Crippen molar-refractivity contribution < 1.29 is 9.53 Å². The van der Waals surface area contributed by atoms with Crippen molar-refractivity contribution in [3.05, 3.63) is 42.3 Å². The predicted octanol–water partition coefficient (Wildman–Crippen LogP) is 1.79. The van der Waals surface area contributed by atoms with Crippen LogP contribution >= 0.6 is 0 Å². The second kappa shape index (κ2) is 4.98. The van der Waals surface area contributed by atoms with Gasteiger partial charge in [0.1, 0.15) is 0 Å². The van der Waals surface area contributed by atoms with Crippen molar-refractivity contribution in [2.45, 2.75) is 0 Å². The van der Waals surface area contributed by atoms with Crippen LogP contribution in [0, 0.1) is 0 Å². The highest BCUT2D eigenvalue weighted by Crippen LogP contribution is 2.05. The van der Waals surface area contributed by atoms with Crippen LogP contribution in [-0.4, -0.2) is 13.4 Å². The molecule has 0 saturated carbocycles. The number of ether oxygens (including phenoxy) is 1. The van der Waals surface area contributed by atoms with Crippen LogP contribution in [0.1, 0.15) is 0 Å². The van der Waals surface area contributed by atoms with Crippen LogP contribution in [0.2, 0.25) is 0 Å². The Kier molecular flexibility index (Phi) is 3.57. The lowest BCUT2D eigenvalue weighted by Gasteiger charge is -2.01. The highest BCUT2D eigenvalue weighted by atomic mass is 16.5. The van der Waals surface area contributed by atoms with Gasteiger partial charge >= 0.3 is 0 Å². The van der Waals surface area contributed by atoms with E-state index in [1.807, 2.05) is 30.3 Å². The Morgan fingerprint density at radius 1 is 1.38 bits per heavy atom. The Bertz CT molecular complexity index is 293. The first-order valence-electron chi connectivity index (χ1n) is 3.87. The minimum absolute atomic E-state index is 0.267. The third-order valence-electron chi connectivity index (χ3n) is 1.51. The van der Waals surface area contributed by atoms with Gasteiger partial charge in [0.25, 0.3) is 0 Å². The molecule has 0 spiro atoms. The highest BCUT2D eigenvalue weighted by Gasteiger charge is 1.90. The van der Waals surface area contributed by atoms with Gasteiger partial charge in [-0.3, -0.25) is 4.79 Å². The number of aldehydes is 1. The molecule has 0 aliphatic carbocycles. The molecule has 0 aliphatic heterocycles. The van der Waals surface area contributed by atoms with Gasteiger partial charge < -0.3 is 10.1 Å². The first kappa shape index (κ1) is 9.32. The van der Waals surface area contributed by atoms with E-state index in [2.05, 4.69) is 5.32 Å². The zero-order chi connectivity index (χ0) is 9.52. The van der Waals surface area contributed by atoms with Crippen LogP contribution in [0.5, 0.6) is 0 Å². The van der Waals surface area contributed by atoms with Crippen molar-refractivity contribution in [2.24, 2.45) is 0 Å². The van der Waals surface area contributed by atoms with E-state index in [1.54, 1.807) is 0 Å². The fourth-order valence-corrected chi connectivity index (χ4v) is 0.830. The Labute approximate surface area is 77.0 Å². The maximum Gasteiger partial charge on any atom is 0.186 e. The van der Waals surface area contributed by atoms with Crippen LogP contribution in [0.15, 0.2) is 42.3 Å². The lowest BCUT2D eigenvalue weighted by Crippen LogP contribution is -1.94. The van der Waals surface area contributed by atoms with E-state index in [4.69, 9.17) is 4.74 Å². The number of rotatable bonds is 4. The number of hydrogen-bond acceptors (Lipinski definition) is 3. The maximum absolute atomic E-state index is 10.3. The third-order valence-corrected chi connectivity index (χ3v) is 1.51. The van der Waals surface area contributed by atoms with Gasteiger partial charge in [-0.15, -0.1) is 0 Å². The molecule has 1 aromatic carbocycles. The molecule has 1 N–H and O–H groups in total. The van der Waals surface area contributed by atoms with Crippen molar-refractivity contribution >= 4 is 12.0 Å². The van der Waals surface area contributed by atoms with Crippen LogP contribution < -0.4 is 5.32 Å². The fraction of sp³-hybridized carbons (Fsp3) is 0.100.